The second kappa shape index (κ2) is 12.2. The molecule has 3 rings (SSSR count). The van der Waals surface area contributed by atoms with Gasteiger partial charge in [-0.3, -0.25) is 9.10 Å². The molecule has 0 radical (unpaired) electrons. The van der Waals surface area contributed by atoms with Gasteiger partial charge in [0.1, 0.15) is 6.54 Å². The van der Waals surface area contributed by atoms with Crippen LogP contribution in [0.2, 0.25) is 5.02 Å². The Morgan fingerprint density at radius 2 is 1.63 bits per heavy atom. The zero-order valence-electron chi connectivity index (χ0n) is 19.7. The van der Waals surface area contributed by atoms with Gasteiger partial charge in [0.15, 0.2) is 11.5 Å². The largest absolute Gasteiger partial charge is 0.493 e. The number of halogens is 1. The number of benzene rings is 3. The maximum absolute atomic E-state index is 13.5. The molecule has 3 aromatic rings. The number of rotatable bonds is 11. The van der Waals surface area contributed by atoms with Gasteiger partial charge in [-0.05, 0) is 55.5 Å². The number of thioether (sulfide) groups is 1. The normalized spacial score (nSPS) is 11.1. The van der Waals surface area contributed by atoms with Gasteiger partial charge in [-0.2, -0.15) is 0 Å². The lowest BCUT2D eigenvalue weighted by Crippen LogP contribution is -2.41. The number of methoxy groups -OCH3 is 2. The molecule has 7 nitrogen and oxygen atoms in total. The predicted octanol–water partition coefficient (Wildman–Crippen LogP) is 4.77. The van der Waals surface area contributed by atoms with Gasteiger partial charge in [-0.25, -0.2) is 8.42 Å². The van der Waals surface area contributed by atoms with Gasteiger partial charge in [0.05, 0.1) is 24.8 Å². The average Bonchev–Trinajstić information content (AvgIpc) is 2.86. The van der Waals surface area contributed by atoms with E-state index < -0.39 is 22.5 Å². The number of anilines is 1. The van der Waals surface area contributed by atoms with Crippen LogP contribution >= 0.6 is 23.4 Å². The summed E-state index contributed by atoms with van der Waals surface area (Å²) in [4.78, 5) is 13.9. The van der Waals surface area contributed by atoms with E-state index in [0.29, 0.717) is 28.8 Å². The molecule has 0 bridgehead atoms. The van der Waals surface area contributed by atoms with E-state index in [-0.39, 0.29) is 10.6 Å². The monoisotopic (exact) mass is 534 g/mol. The summed E-state index contributed by atoms with van der Waals surface area (Å²) in [5.74, 6) is 1.00. The van der Waals surface area contributed by atoms with Crippen LogP contribution in [0.1, 0.15) is 5.56 Å². The molecule has 0 fully saturated rings. The molecule has 3 aromatic carbocycles. The van der Waals surface area contributed by atoms with Crippen LogP contribution in [0.5, 0.6) is 11.5 Å². The van der Waals surface area contributed by atoms with Crippen LogP contribution in [0.4, 0.5) is 5.69 Å². The average molecular weight is 535 g/mol. The molecular weight excluding hydrogens is 508 g/mol. The van der Waals surface area contributed by atoms with E-state index in [2.05, 4.69) is 5.32 Å². The lowest BCUT2D eigenvalue weighted by Gasteiger charge is -2.25. The summed E-state index contributed by atoms with van der Waals surface area (Å²) < 4.78 is 38.7. The molecule has 0 aliphatic rings. The van der Waals surface area contributed by atoms with Crippen LogP contribution in [0.25, 0.3) is 0 Å². The molecule has 0 spiro atoms. The van der Waals surface area contributed by atoms with Crippen LogP contribution in [0, 0.1) is 6.92 Å². The number of sulfonamides is 1. The molecular formula is C25H27ClN2O5S2. The molecule has 0 aliphatic heterocycles. The first-order valence-corrected chi connectivity index (χ1v) is 13.5. The smallest absolute Gasteiger partial charge is 0.264 e. The molecule has 1 N–H and O–H groups in total. The van der Waals surface area contributed by atoms with Crippen LogP contribution in [0.3, 0.4) is 0 Å². The second-order valence-corrected chi connectivity index (χ2v) is 11.0. The van der Waals surface area contributed by atoms with E-state index in [1.807, 2.05) is 19.1 Å². The summed E-state index contributed by atoms with van der Waals surface area (Å²) in [5, 5.41) is 3.46. The maximum Gasteiger partial charge on any atom is 0.264 e. The van der Waals surface area contributed by atoms with Crippen molar-refractivity contribution in [2.24, 2.45) is 0 Å². The van der Waals surface area contributed by atoms with Crippen molar-refractivity contribution in [3.8, 4) is 11.5 Å². The number of carbonyl (C=O) groups excluding carboxylic acids is 1. The fraction of sp³-hybridized carbons (Fsp3) is 0.240. The fourth-order valence-electron chi connectivity index (χ4n) is 3.21. The molecule has 0 saturated heterocycles. The molecule has 0 atom stereocenters. The Hall–Kier alpha value is -2.88. The summed E-state index contributed by atoms with van der Waals surface area (Å²) in [6.07, 6.45) is 0. The summed E-state index contributed by atoms with van der Waals surface area (Å²) in [7, 11) is -1.07. The molecule has 1 amide bonds. The second-order valence-electron chi connectivity index (χ2n) is 7.52. The molecule has 10 heteroatoms. The van der Waals surface area contributed by atoms with Gasteiger partial charge in [0.2, 0.25) is 5.91 Å². The minimum atomic E-state index is -4.03. The number of hydrogen-bond acceptors (Lipinski definition) is 6. The van der Waals surface area contributed by atoms with Crippen molar-refractivity contribution in [3.63, 3.8) is 0 Å². The highest BCUT2D eigenvalue weighted by Gasteiger charge is 2.28. The standard InChI is InChI=1S/C25H27ClN2O5S2/c1-18-4-11-22(12-5-18)35(30,31)28(20-8-13-23(32-2)24(16-20)33-3)17-25(29)27-14-15-34-21-9-6-19(26)7-10-21/h4-13,16H,14-15,17H2,1-3H3,(H,27,29). The highest BCUT2D eigenvalue weighted by Crippen LogP contribution is 2.33. The van der Waals surface area contributed by atoms with Crippen LogP contribution in [-0.4, -0.2) is 47.4 Å². The molecule has 0 unspecified atom stereocenters. The number of hydrogen-bond donors (Lipinski definition) is 1. The first-order valence-electron chi connectivity index (χ1n) is 10.7. The van der Waals surface area contributed by atoms with Gasteiger partial charge in [-0.1, -0.05) is 29.3 Å². The number of nitrogens with one attached hydrogen (secondary N) is 1. The van der Waals surface area contributed by atoms with Crippen LogP contribution < -0.4 is 19.1 Å². The van der Waals surface area contributed by atoms with E-state index >= 15 is 0 Å². The molecule has 186 valence electrons. The van der Waals surface area contributed by atoms with E-state index in [9.17, 15) is 13.2 Å². The highest BCUT2D eigenvalue weighted by molar-refractivity contribution is 7.99. The molecule has 0 aromatic heterocycles. The third kappa shape index (κ3) is 7.06. The van der Waals surface area contributed by atoms with E-state index in [0.717, 1.165) is 14.8 Å². The first-order chi connectivity index (χ1) is 16.7. The van der Waals surface area contributed by atoms with Crippen molar-refractivity contribution in [1.82, 2.24) is 5.32 Å². The number of nitrogens with zero attached hydrogens (tertiary/aromatic N) is 1. The van der Waals surface area contributed by atoms with Gasteiger partial charge < -0.3 is 14.8 Å². The number of amides is 1. The van der Waals surface area contributed by atoms with E-state index in [1.165, 1.54) is 32.4 Å². The lowest BCUT2D eigenvalue weighted by molar-refractivity contribution is -0.119. The van der Waals surface area contributed by atoms with Crippen molar-refractivity contribution in [3.05, 3.63) is 77.3 Å². The Morgan fingerprint density at radius 1 is 0.971 bits per heavy atom. The van der Waals surface area contributed by atoms with Gasteiger partial charge in [-0.15, -0.1) is 11.8 Å². The third-order valence-electron chi connectivity index (χ3n) is 5.06. The van der Waals surface area contributed by atoms with E-state index in [1.54, 1.807) is 48.2 Å². The molecule has 0 heterocycles. The van der Waals surface area contributed by atoms with Crippen molar-refractivity contribution >= 4 is 45.0 Å². The maximum atomic E-state index is 13.5. The zero-order chi connectivity index (χ0) is 25.4. The fourth-order valence-corrected chi connectivity index (χ4v) is 5.52. The summed E-state index contributed by atoms with van der Waals surface area (Å²) in [5.41, 5.74) is 1.21. The molecule has 0 aliphatic carbocycles. The van der Waals surface area contributed by atoms with Crippen molar-refractivity contribution in [2.75, 3.05) is 37.4 Å². The minimum Gasteiger partial charge on any atom is -0.493 e. The Labute approximate surface area is 215 Å². The minimum absolute atomic E-state index is 0.0870. The van der Waals surface area contributed by atoms with Gasteiger partial charge >= 0.3 is 0 Å². The Balaban J connectivity index is 1.78. The summed E-state index contributed by atoms with van der Waals surface area (Å²) in [6.45, 7) is 1.85. The highest BCUT2D eigenvalue weighted by atomic mass is 35.5. The number of carbonyl (C=O) groups is 1. The van der Waals surface area contributed by atoms with Crippen LogP contribution in [0.15, 0.2) is 76.5 Å². The topological polar surface area (TPSA) is 84.9 Å². The number of ether oxygens (including phenoxy) is 2. The van der Waals surface area contributed by atoms with Crippen molar-refractivity contribution in [2.45, 2.75) is 16.7 Å². The molecule has 0 saturated carbocycles. The Kier molecular flexibility index (Phi) is 9.31. The lowest BCUT2D eigenvalue weighted by atomic mass is 10.2. The third-order valence-corrected chi connectivity index (χ3v) is 8.11. The SMILES string of the molecule is COc1ccc(N(CC(=O)NCCSc2ccc(Cl)cc2)S(=O)(=O)c2ccc(C)cc2)cc1OC. The summed E-state index contributed by atoms with van der Waals surface area (Å²) in [6, 6.07) is 18.6. The van der Waals surface area contributed by atoms with Gasteiger partial charge in [0, 0.05) is 28.3 Å². The van der Waals surface area contributed by atoms with Crippen LogP contribution in [-0.2, 0) is 14.8 Å². The van der Waals surface area contributed by atoms with Crippen molar-refractivity contribution < 1.29 is 22.7 Å². The zero-order valence-corrected chi connectivity index (χ0v) is 22.0. The summed E-state index contributed by atoms with van der Waals surface area (Å²) >= 11 is 7.47. The predicted molar refractivity (Wildman–Crippen MR) is 140 cm³/mol. The molecule has 35 heavy (non-hydrogen) atoms. The van der Waals surface area contributed by atoms with Crippen molar-refractivity contribution in [1.29, 1.82) is 0 Å². The first kappa shape index (κ1) is 26.7. The van der Waals surface area contributed by atoms with E-state index in [4.69, 9.17) is 21.1 Å². The van der Waals surface area contributed by atoms with Gasteiger partial charge in [0.25, 0.3) is 10.0 Å². The number of aryl methyl sites for hydroxylation is 1. The quantitative estimate of drug-likeness (QED) is 0.282. The Bertz CT molecular complexity index is 1250. The Morgan fingerprint density at radius 3 is 2.26 bits per heavy atom.